The molecule has 0 radical (unpaired) electrons. The third kappa shape index (κ3) is 8.76. The molecule has 0 aliphatic heterocycles. The summed E-state index contributed by atoms with van der Waals surface area (Å²) < 4.78 is 0. The number of nitrogens with one attached hydrogen (secondary N) is 2. The molecule has 0 spiro atoms. The van der Waals surface area contributed by atoms with Gasteiger partial charge in [0.1, 0.15) is 0 Å². The van der Waals surface area contributed by atoms with Gasteiger partial charge in [-0.1, -0.05) is 66.7 Å². The minimum atomic E-state index is -1.18. The molecule has 2 aliphatic carbocycles. The molecule has 2 saturated carbocycles. The minimum absolute atomic E-state index is 0.0434. The maximum Gasteiger partial charge on any atom is 0.328 e. The van der Waals surface area contributed by atoms with Crippen molar-refractivity contribution in [3.8, 4) is 0 Å². The van der Waals surface area contributed by atoms with E-state index in [-0.39, 0.29) is 33.9 Å². The number of pyridine rings is 1. The predicted molar refractivity (Wildman–Crippen MR) is 181 cm³/mol. The molecule has 12 heteroatoms. The van der Waals surface area contributed by atoms with Gasteiger partial charge in [-0.2, -0.15) is 0 Å². The smallest absolute Gasteiger partial charge is 0.328 e. The maximum absolute atomic E-state index is 13.4. The predicted octanol–water partition coefficient (Wildman–Crippen LogP) is 6.18. The first kappa shape index (κ1) is 33.2. The number of aromatic nitrogens is 1. The molecule has 1 heterocycles. The van der Waals surface area contributed by atoms with Crippen molar-refractivity contribution in [2.75, 3.05) is 23.3 Å². The van der Waals surface area contributed by atoms with Crippen LogP contribution in [0.25, 0.3) is 0 Å². The van der Waals surface area contributed by atoms with Crippen LogP contribution < -0.4 is 21.3 Å². The Bertz CT molecular complexity index is 1570. The Morgan fingerprint density at radius 1 is 0.935 bits per heavy atom. The normalized spacial score (nSPS) is 16.0. The van der Waals surface area contributed by atoms with Crippen LogP contribution in [-0.2, 0) is 11.2 Å². The van der Waals surface area contributed by atoms with Crippen LogP contribution >= 0.6 is 23.2 Å². The van der Waals surface area contributed by atoms with E-state index in [0.29, 0.717) is 47.4 Å². The molecule has 3 aromatic rings. The van der Waals surface area contributed by atoms with Gasteiger partial charge in [0.2, 0.25) is 0 Å². The van der Waals surface area contributed by atoms with Crippen molar-refractivity contribution < 1.29 is 19.5 Å². The van der Waals surface area contributed by atoms with Crippen LogP contribution in [0.5, 0.6) is 0 Å². The van der Waals surface area contributed by atoms with Crippen LogP contribution in [0.3, 0.4) is 0 Å². The number of hydrogen-bond acceptors (Lipinski definition) is 5. The number of benzene rings is 2. The fourth-order valence-corrected chi connectivity index (χ4v) is 6.22. The number of para-hydroxylation sites is 1. The zero-order valence-corrected chi connectivity index (χ0v) is 26.9. The van der Waals surface area contributed by atoms with Crippen molar-refractivity contribution in [1.82, 2.24) is 10.3 Å². The SMILES string of the molecule is NC(=N[C@@H](Cc1ccc(NC(=O)c2c(Cl)cncc2Cl)cc1)C(=O)O)N(CC1CC1)c1ccccc1C(=O)NCC1CCCCC1. The molecule has 0 saturated heterocycles. The Morgan fingerprint density at radius 3 is 2.26 bits per heavy atom. The highest BCUT2D eigenvalue weighted by Crippen LogP contribution is 2.33. The van der Waals surface area contributed by atoms with Gasteiger partial charge < -0.3 is 26.4 Å². The Morgan fingerprint density at radius 2 is 1.61 bits per heavy atom. The summed E-state index contributed by atoms with van der Waals surface area (Å²) in [4.78, 5) is 48.5. The zero-order valence-electron chi connectivity index (χ0n) is 25.4. The van der Waals surface area contributed by atoms with Crippen LogP contribution in [-0.4, -0.2) is 53.0 Å². The lowest BCUT2D eigenvalue weighted by Gasteiger charge is -2.27. The number of carboxylic acid groups (broad SMARTS) is 1. The van der Waals surface area contributed by atoms with Crippen molar-refractivity contribution >= 4 is 58.3 Å². The highest BCUT2D eigenvalue weighted by Gasteiger charge is 2.29. The molecular weight excluding hydrogens is 627 g/mol. The highest BCUT2D eigenvalue weighted by atomic mass is 35.5. The number of hydrogen-bond donors (Lipinski definition) is 4. The fourth-order valence-electron chi connectivity index (χ4n) is 5.69. The fraction of sp³-hybridized carbons (Fsp3) is 0.382. The number of anilines is 2. The van der Waals surface area contributed by atoms with E-state index >= 15 is 0 Å². The molecule has 46 heavy (non-hydrogen) atoms. The molecule has 2 aromatic carbocycles. The van der Waals surface area contributed by atoms with Gasteiger partial charge in [0.25, 0.3) is 11.8 Å². The van der Waals surface area contributed by atoms with Gasteiger partial charge in [-0.3, -0.25) is 14.6 Å². The van der Waals surface area contributed by atoms with Gasteiger partial charge >= 0.3 is 5.97 Å². The lowest BCUT2D eigenvalue weighted by Crippen LogP contribution is -2.42. The van der Waals surface area contributed by atoms with Gasteiger partial charge in [0.15, 0.2) is 12.0 Å². The number of halogens is 2. The number of nitrogens with zero attached hydrogens (tertiary/aromatic N) is 3. The summed E-state index contributed by atoms with van der Waals surface area (Å²) in [6.07, 6.45) is 10.7. The van der Waals surface area contributed by atoms with Crippen molar-refractivity contribution in [1.29, 1.82) is 0 Å². The zero-order chi connectivity index (χ0) is 32.6. The average Bonchev–Trinajstić information content (AvgIpc) is 3.88. The second-order valence-corrected chi connectivity index (χ2v) is 12.8. The monoisotopic (exact) mass is 664 g/mol. The van der Waals surface area contributed by atoms with Gasteiger partial charge in [0.05, 0.1) is 26.9 Å². The first-order chi connectivity index (χ1) is 22.2. The summed E-state index contributed by atoms with van der Waals surface area (Å²) in [5.41, 5.74) is 8.89. The molecule has 1 aromatic heterocycles. The lowest BCUT2D eigenvalue weighted by molar-refractivity contribution is -0.138. The standard InChI is InChI=1S/C34H38Cl2N6O4/c35-26-18-38-19-27(36)30(26)32(44)40-24-14-12-21(13-15-24)16-28(33(45)46)41-34(37)42(20-23-10-11-23)29-9-5-4-8-25(29)31(43)39-17-22-6-2-1-3-7-22/h4-5,8-9,12-15,18-19,22-23,28H,1-3,6-7,10-11,16-17,20H2,(H2,37,41)(H,39,43)(H,40,44)(H,45,46)/t28-/m0/s1. The summed E-state index contributed by atoms with van der Waals surface area (Å²) in [6, 6.07) is 12.8. The summed E-state index contributed by atoms with van der Waals surface area (Å²) in [7, 11) is 0. The number of amides is 2. The van der Waals surface area contributed by atoms with Gasteiger partial charge in [-0.15, -0.1) is 0 Å². The largest absolute Gasteiger partial charge is 0.480 e. The first-order valence-corrected chi connectivity index (χ1v) is 16.3. The topological polar surface area (TPSA) is 150 Å². The second kappa shape index (κ2) is 15.4. The number of carbonyl (C=O) groups excluding carboxylic acids is 2. The van der Waals surface area contributed by atoms with Crippen LogP contribution in [0, 0.1) is 11.8 Å². The number of nitrogens with two attached hydrogens (primary N) is 1. The Labute approximate surface area is 278 Å². The molecule has 2 amide bonds. The van der Waals surface area contributed by atoms with Crippen LogP contribution in [0.15, 0.2) is 65.9 Å². The van der Waals surface area contributed by atoms with Crippen molar-refractivity contribution in [2.45, 2.75) is 57.4 Å². The van der Waals surface area contributed by atoms with Crippen LogP contribution in [0.1, 0.15) is 71.2 Å². The summed E-state index contributed by atoms with van der Waals surface area (Å²) >= 11 is 12.2. The summed E-state index contributed by atoms with van der Waals surface area (Å²) in [6.45, 7) is 1.17. The number of carbonyl (C=O) groups is 3. The molecule has 2 fully saturated rings. The van der Waals surface area contributed by atoms with E-state index in [2.05, 4.69) is 20.6 Å². The number of rotatable bonds is 12. The molecule has 5 rings (SSSR count). The summed E-state index contributed by atoms with van der Waals surface area (Å²) in [5.74, 6) is -0.891. The molecule has 5 N–H and O–H groups in total. The number of guanidine groups is 1. The van der Waals surface area contributed by atoms with Crippen LogP contribution in [0.4, 0.5) is 11.4 Å². The Kier molecular flexibility index (Phi) is 11.1. The van der Waals surface area contributed by atoms with E-state index in [1.54, 1.807) is 35.2 Å². The minimum Gasteiger partial charge on any atom is -0.480 e. The highest BCUT2D eigenvalue weighted by molar-refractivity contribution is 6.40. The van der Waals surface area contributed by atoms with Gasteiger partial charge in [0, 0.05) is 37.6 Å². The summed E-state index contributed by atoms with van der Waals surface area (Å²) in [5, 5.41) is 16.2. The quantitative estimate of drug-likeness (QED) is 0.133. The van der Waals surface area contributed by atoms with Crippen molar-refractivity contribution in [3.05, 3.63) is 87.7 Å². The molecule has 1 atom stereocenters. The van der Waals surface area contributed by atoms with Gasteiger partial charge in [-0.25, -0.2) is 9.79 Å². The molecule has 10 nitrogen and oxygen atoms in total. The number of carboxylic acids is 1. The molecule has 0 bridgehead atoms. The first-order valence-electron chi connectivity index (χ1n) is 15.6. The lowest BCUT2D eigenvalue weighted by atomic mass is 9.89. The maximum atomic E-state index is 13.4. The van der Waals surface area contributed by atoms with Gasteiger partial charge in [-0.05, 0) is 67.3 Å². The number of aliphatic imine (C=N–C) groups is 1. The van der Waals surface area contributed by atoms with E-state index < -0.39 is 17.9 Å². The third-order valence-electron chi connectivity index (χ3n) is 8.42. The molecule has 2 aliphatic rings. The van der Waals surface area contributed by atoms with Crippen molar-refractivity contribution in [2.24, 2.45) is 22.6 Å². The van der Waals surface area contributed by atoms with E-state index in [0.717, 1.165) is 25.7 Å². The number of aliphatic carboxylic acids is 1. The van der Waals surface area contributed by atoms with Crippen molar-refractivity contribution in [3.63, 3.8) is 0 Å². The van der Waals surface area contributed by atoms with E-state index in [9.17, 15) is 19.5 Å². The second-order valence-electron chi connectivity index (χ2n) is 12.0. The van der Waals surface area contributed by atoms with E-state index in [4.69, 9.17) is 28.9 Å². The Balaban J connectivity index is 1.30. The van der Waals surface area contributed by atoms with Crippen LogP contribution in [0.2, 0.25) is 10.0 Å². The molecule has 0 unspecified atom stereocenters. The molecule has 242 valence electrons. The van der Waals surface area contributed by atoms with E-state index in [1.807, 2.05) is 18.2 Å². The molecular formula is C34H38Cl2N6O4. The third-order valence-corrected chi connectivity index (χ3v) is 9.00. The Hall–Kier alpha value is -4.15. The van der Waals surface area contributed by atoms with E-state index in [1.165, 1.54) is 31.7 Å². The average molecular weight is 666 g/mol.